The zero-order valence-electron chi connectivity index (χ0n) is 8.10. The summed E-state index contributed by atoms with van der Waals surface area (Å²) in [5, 5.41) is 8.50. The molecule has 1 fully saturated rings. The number of nitrogens with zero attached hydrogens (tertiary/aromatic N) is 5. The number of fused-ring (bicyclic) bond motifs is 1. The summed E-state index contributed by atoms with van der Waals surface area (Å²) in [5.41, 5.74) is 1.81. The molecule has 0 N–H and O–H groups in total. The van der Waals surface area contributed by atoms with Crippen LogP contribution in [0, 0.1) is 0 Å². The predicted molar refractivity (Wildman–Crippen MR) is 57.2 cm³/mol. The van der Waals surface area contributed by atoms with E-state index in [1.165, 1.54) is 23.8 Å². The van der Waals surface area contributed by atoms with Crippen molar-refractivity contribution in [2.24, 2.45) is 0 Å². The molecule has 0 spiro atoms. The minimum Gasteiger partial charge on any atom is -0.368 e. The van der Waals surface area contributed by atoms with Crippen molar-refractivity contribution in [3.8, 4) is 0 Å². The van der Waals surface area contributed by atoms with E-state index in [1.54, 1.807) is 0 Å². The Morgan fingerprint density at radius 2 is 2.07 bits per heavy atom. The molecule has 0 aliphatic carbocycles. The molecule has 0 atom stereocenters. The SMILES string of the molecule is Clc1cc(N2CCCC2)c2ncnn2n1. The Morgan fingerprint density at radius 1 is 1.27 bits per heavy atom. The standard InChI is InChI=1S/C9H10ClN5/c10-8-5-7(14-3-1-2-4-14)9-11-6-12-15(9)13-8/h5-6H,1-4H2. The topological polar surface area (TPSA) is 46.3 Å². The number of halogens is 1. The summed E-state index contributed by atoms with van der Waals surface area (Å²) in [5.74, 6) is 0. The van der Waals surface area contributed by atoms with Gasteiger partial charge in [0.15, 0.2) is 10.8 Å². The highest BCUT2D eigenvalue weighted by Gasteiger charge is 2.17. The van der Waals surface area contributed by atoms with Crippen LogP contribution in [0.15, 0.2) is 12.4 Å². The van der Waals surface area contributed by atoms with E-state index in [2.05, 4.69) is 20.1 Å². The van der Waals surface area contributed by atoms with Crippen molar-refractivity contribution < 1.29 is 0 Å². The molecule has 0 amide bonds. The van der Waals surface area contributed by atoms with E-state index in [-0.39, 0.29) is 0 Å². The van der Waals surface area contributed by atoms with Crippen molar-refractivity contribution in [1.29, 1.82) is 0 Å². The van der Waals surface area contributed by atoms with Crippen LogP contribution in [-0.4, -0.2) is 32.9 Å². The predicted octanol–water partition coefficient (Wildman–Crippen LogP) is 1.38. The summed E-state index contributed by atoms with van der Waals surface area (Å²) in [6, 6.07) is 1.86. The molecule has 1 saturated heterocycles. The highest BCUT2D eigenvalue weighted by atomic mass is 35.5. The number of hydrogen-bond donors (Lipinski definition) is 0. The van der Waals surface area contributed by atoms with Gasteiger partial charge in [0.25, 0.3) is 0 Å². The van der Waals surface area contributed by atoms with Crippen molar-refractivity contribution in [2.75, 3.05) is 18.0 Å². The van der Waals surface area contributed by atoms with Crippen LogP contribution < -0.4 is 4.90 Å². The van der Waals surface area contributed by atoms with Crippen molar-refractivity contribution in [1.82, 2.24) is 19.8 Å². The summed E-state index contributed by atoms with van der Waals surface area (Å²) in [6.07, 6.45) is 3.94. The fourth-order valence-electron chi connectivity index (χ4n) is 1.96. The molecule has 1 aliphatic rings. The monoisotopic (exact) mass is 223 g/mol. The van der Waals surface area contributed by atoms with E-state index in [0.29, 0.717) is 5.15 Å². The summed E-state index contributed by atoms with van der Waals surface area (Å²) in [7, 11) is 0. The highest BCUT2D eigenvalue weighted by molar-refractivity contribution is 6.29. The van der Waals surface area contributed by atoms with Gasteiger partial charge in [0.2, 0.25) is 0 Å². The van der Waals surface area contributed by atoms with Crippen LogP contribution in [0.2, 0.25) is 5.15 Å². The second-order valence-electron chi connectivity index (χ2n) is 3.62. The fraction of sp³-hybridized carbons (Fsp3) is 0.444. The van der Waals surface area contributed by atoms with Gasteiger partial charge in [-0.1, -0.05) is 11.6 Å². The van der Waals surface area contributed by atoms with E-state index in [4.69, 9.17) is 11.6 Å². The van der Waals surface area contributed by atoms with Gasteiger partial charge in [-0.3, -0.25) is 0 Å². The lowest BCUT2D eigenvalue weighted by molar-refractivity contribution is 0.794. The Hall–Kier alpha value is -1.36. The van der Waals surface area contributed by atoms with Gasteiger partial charge in [-0.15, -0.1) is 14.8 Å². The molecule has 0 bridgehead atoms. The smallest absolute Gasteiger partial charge is 0.199 e. The van der Waals surface area contributed by atoms with Gasteiger partial charge in [-0.25, -0.2) is 4.98 Å². The minimum absolute atomic E-state index is 0.454. The molecule has 0 unspecified atom stereocenters. The van der Waals surface area contributed by atoms with Crippen molar-refractivity contribution >= 4 is 22.9 Å². The van der Waals surface area contributed by atoms with Crippen LogP contribution in [-0.2, 0) is 0 Å². The van der Waals surface area contributed by atoms with Crippen LogP contribution in [0.3, 0.4) is 0 Å². The Labute approximate surface area is 91.7 Å². The molecule has 78 valence electrons. The lowest BCUT2D eigenvalue weighted by Gasteiger charge is -2.17. The normalized spacial score (nSPS) is 16.5. The van der Waals surface area contributed by atoms with Gasteiger partial charge in [-0.2, -0.15) is 0 Å². The largest absolute Gasteiger partial charge is 0.368 e. The van der Waals surface area contributed by atoms with Crippen LogP contribution in [0.1, 0.15) is 12.8 Å². The quantitative estimate of drug-likeness (QED) is 0.733. The summed E-state index contributed by atoms with van der Waals surface area (Å²) < 4.78 is 1.48. The first-order valence-corrected chi connectivity index (χ1v) is 5.34. The molecule has 3 rings (SSSR count). The lowest BCUT2D eigenvalue weighted by Crippen LogP contribution is -2.19. The first kappa shape index (κ1) is 8.91. The van der Waals surface area contributed by atoms with Crippen LogP contribution in [0.4, 0.5) is 5.69 Å². The van der Waals surface area contributed by atoms with Gasteiger partial charge in [0, 0.05) is 19.2 Å². The molecule has 5 nitrogen and oxygen atoms in total. The number of rotatable bonds is 1. The third kappa shape index (κ3) is 1.43. The Balaban J connectivity index is 2.18. The van der Waals surface area contributed by atoms with Crippen LogP contribution in [0.5, 0.6) is 0 Å². The Morgan fingerprint density at radius 3 is 2.87 bits per heavy atom. The molecule has 0 radical (unpaired) electrons. The second-order valence-corrected chi connectivity index (χ2v) is 4.01. The second kappa shape index (κ2) is 3.34. The number of anilines is 1. The molecule has 0 aromatic carbocycles. The molecular formula is C9H10ClN5. The minimum atomic E-state index is 0.454. The van der Waals surface area contributed by atoms with E-state index in [9.17, 15) is 0 Å². The lowest BCUT2D eigenvalue weighted by atomic mass is 10.4. The average Bonchev–Trinajstić information content (AvgIpc) is 2.86. The van der Waals surface area contributed by atoms with Crippen LogP contribution >= 0.6 is 11.6 Å². The fourth-order valence-corrected chi connectivity index (χ4v) is 2.14. The van der Waals surface area contributed by atoms with Gasteiger partial charge in [0.05, 0.1) is 5.69 Å². The Kier molecular flexibility index (Phi) is 1.98. The maximum Gasteiger partial charge on any atom is 0.199 e. The van der Waals surface area contributed by atoms with E-state index in [0.717, 1.165) is 24.4 Å². The van der Waals surface area contributed by atoms with E-state index < -0.39 is 0 Å². The third-order valence-corrected chi connectivity index (χ3v) is 2.84. The number of aromatic nitrogens is 4. The number of hydrogen-bond acceptors (Lipinski definition) is 4. The molecule has 15 heavy (non-hydrogen) atoms. The first-order valence-electron chi connectivity index (χ1n) is 4.96. The van der Waals surface area contributed by atoms with Gasteiger partial charge in [0.1, 0.15) is 6.33 Å². The third-order valence-electron chi connectivity index (χ3n) is 2.65. The molecular weight excluding hydrogens is 214 g/mol. The van der Waals surface area contributed by atoms with E-state index >= 15 is 0 Å². The molecule has 1 aliphatic heterocycles. The Bertz CT molecular complexity index is 488. The zero-order valence-corrected chi connectivity index (χ0v) is 8.85. The summed E-state index contributed by atoms with van der Waals surface area (Å²) in [6.45, 7) is 2.12. The maximum atomic E-state index is 5.93. The zero-order chi connectivity index (χ0) is 10.3. The summed E-state index contributed by atoms with van der Waals surface area (Å²) in [4.78, 5) is 6.47. The molecule has 2 aromatic heterocycles. The van der Waals surface area contributed by atoms with Crippen molar-refractivity contribution in [2.45, 2.75) is 12.8 Å². The summed E-state index contributed by atoms with van der Waals surface area (Å²) >= 11 is 5.93. The van der Waals surface area contributed by atoms with Gasteiger partial charge < -0.3 is 4.90 Å². The van der Waals surface area contributed by atoms with Crippen molar-refractivity contribution in [3.63, 3.8) is 0 Å². The van der Waals surface area contributed by atoms with Crippen molar-refractivity contribution in [3.05, 3.63) is 17.5 Å². The van der Waals surface area contributed by atoms with E-state index in [1.807, 2.05) is 6.07 Å². The maximum absolute atomic E-state index is 5.93. The van der Waals surface area contributed by atoms with Crippen LogP contribution in [0.25, 0.3) is 5.65 Å². The molecule has 2 aromatic rings. The van der Waals surface area contributed by atoms with Gasteiger partial charge >= 0.3 is 0 Å². The highest BCUT2D eigenvalue weighted by Crippen LogP contribution is 2.25. The molecule has 0 saturated carbocycles. The average molecular weight is 224 g/mol. The van der Waals surface area contributed by atoms with Gasteiger partial charge in [-0.05, 0) is 12.8 Å². The molecule has 6 heteroatoms. The first-order chi connectivity index (χ1) is 7.34. The molecule has 3 heterocycles.